The number of pyridine rings is 2. The van der Waals surface area contributed by atoms with Crippen LogP contribution in [0.4, 0.5) is 5.82 Å². The molecule has 0 radical (unpaired) electrons. The number of aryl methyl sites for hydroxylation is 1. The Labute approximate surface area is 302 Å². The normalized spacial score (nSPS) is 20.1. The molecule has 3 aromatic heterocycles. The molecule has 52 heavy (non-hydrogen) atoms. The van der Waals surface area contributed by atoms with E-state index in [2.05, 4.69) is 65.8 Å². The fourth-order valence-electron chi connectivity index (χ4n) is 7.40. The monoisotopic (exact) mass is 697 g/mol. The van der Waals surface area contributed by atoms with E-state index in [4.69, 9.17) is 19.4 Å². The summed E-state index contributed by atoms with van der Waals surface area (Å²) in [6.07, 6.45) is 11.1. The second-order valence-corrected chi connectivity index (χ2v) is 14.1. The van der Waals surface area contributed by atoms with Crippen molar-refractivity contribution in [3.05, 3.63) is 113 Å². The molecule has 7 rings (SSSR count). The Bertz CT molecular complexity index is 2230. The van der Waals surface area contributed by atoms with E-state index < -0.39 is 11.5 Å². The number of anilines is 1. The van der Waals surface area contributed by atoms with Crippen LogP contribution in [0.15, 0.2) is 83.6 Å². The van der Waals surface area contributed by atoms with Crippen LogP contribution in [0.25, 0.3) is 27.6 Å². The molecule has 1 fully saturated rings. The van der Waals surface area contributed by atoms with Crippen molar-refractivity contribution in [1.29, 1.82) is 5.26 Å². The van der Waals surface area contributed by atoms with Crippen LogP contribution < -0.4 is 10.6 Å². The lowest BCUT2D eigenvalue weighted by molar-refractivity contribution is -0.143. The van der Waals surface area contributed by atoms with Gasteiger partial charge in [0.1, 0.15) is 22.6 Å². The summed E-state index contributed by atoms with van der Waals surface area (Å²) in [6.45, 7) is 8.77. The number of nitrogens with one attached hydrogen (secondary N) is 2. The molecule has 0 amide bonds. The molecular formula is C41H43N7O4. The summed E-state index contributed by atoms with van der Waals surface area (Å²) in [5, 5.41) is 37.0. The van der Waals surface area contributed by atoms with Crippen LogP contribution in [0, 0.1) is 30.1 Å². The number of fused-ring (bicyclic) bond motifs is 2. The third kappa shape index (κ3) is 6.80. The molecule has 266 valence electrons. The lowest BCUT2D eigenvalue weighted by Crippen LogP contribution is -2.42. The topological polar surface area (TPSA) is 160 Å². The second-order valence-electron chi connectivity index (χ2n) is 14.1. The maximum Gasteiger partial charge on any atom is 0.306 e. The zero-order valence-corrected chi connectivity index (χ0v) is 29.6. The van der Waals surface area contributed by atoms with E-state index in [1.54, 1.807) is 12.3 Å². The SMILES string of the molecule is Cc1ccccc1C1=CC=CC(Nc2nccc3cc(CN4CCC(C(=O)O)CC4)cnc23)(c2nc3cc(CNC(C)CO)cc(C#N)c3o2)[C@H]1C. The van der Waals surface area contributed by atoms with Gasteiger partial charge in [-0.05, 0) is 97.9 Å². The number of benzene rings is 2. The standard InChI is InChI=1S/C41H43N7O4/c1-25-7-4-5-8-33(25)34-9-6-13-41(27(34)3,40-46-35-19-28(21-44-26(2)24-49)17-32(20-42)37(35)52-40)47-38-36-31(10-14-43-38)18-29(22-45-36)23-48-15-11-30(12-16-48)39(50)51/h4-10,13-14,17-19,22,26-27,30,44,49H,11-12,15-16,21,23-24H2,1-3H3,(H,43,47)(H,50,51)/t26?,27-,41?/m0/s1. The highest BCUT2D eigenvalue weighted by Crippen LogP contribution is 2.46. The molecule has 5 aromatic rings. The largest absolute Gasteiger partial charge is 0.481 e. The second kappa shape index (κ2) is 14.7. The number of aliphatic carboxylic acids is 1. The van der Waals surface area contributed by atoms with E-state index in [1.165, 1.54) is 0 Å². The van der Waals surface area contributed by atoms with Crippen LogP contribution in [0.5, 0.6) is 0 Å². The Kier molecular flexibility index (Phi) is 9.88. The summed E-state index contributed by atoms with van der Waals surface area (Å²) < 4.78 is 6.60. The predicted octanol–water partition coefficient (Wildman–Crippen LogP) is 6.32. The first-order chi connectivity index (χ1) is 25.2. The highest BCUT2D eigenvalue weighted by molar-refractivity contribution is 5.89. The zero-order chi connectivity index (χ0) is 36.4. The lowest BCUT2D eigenvalue weighted by Gasteiger charge is -2.39. The summed E-state index contributed by atoms with van der Waals surface area (Å²) >= 11 is 0. The third-order valence-electron chi connectivity index (χ3n) is 10.5. The van der Waals surface area contributed by atoms with Crippen molar-refractivity contribution >= 4 is 39.4 Å². The molecule has 11 heteroatoms. The van der Waals surface area contributed by atoms with Gasteiger partial charge >= 0.3 is 5.97 Å². The van der Waals surface area contributed by atoms with Crippen molar-refractivity contribution in [1.82, 2.24) is 25.2 Å². The molecule has 3 atom stereocenters. The van der Waals surface area contributed by atoms with E-state index in [-0.39, 0.29) is 24.5 Å². The number of carboxylic acid groups (broad SMARTS) is 1. The van der Waals surface area contributed by atoms with E-state index in [0.29, 0.717) is 59.8 Å². The van der Waals surface area contributed by atoms with Gasteiger partial charge in [0, 0.05) is 42.8 Å². The number of piperidine rings is 1. The minimum atomic E-state index is -1.02. The van der Waals surface area contributed by atoms with E-state index in [0.717, 1.165) is 46.3 Å². The minimum absolute atomic E-state index is 0.00239. The van der Waals surface area contributed by atoms with Gasteiger partial charge in [-0.3, -0.25) is 14.7 Å². The van der Waals surface area contributed by atoms with Gasteiger partial charge in [-0.15, -0.1) is 0 Å². The molecule has 1 aliphatic carbocycles. The fourth-order valence-corrected chi connectivity index (χ4v) is 7.40. The van der Waals surface area contributed by atoms with Gasteiger partial charge in [-0.25, -0.2) is 9.97 Å². The molecule has 2 unspecified atom stereocenters. The molecule has 4 heterocycles. The van der Waals surface area contributed by atoms with E-state index >= 15 is 0 Å². The fraction of sp³-hybridized carbons (Fsp3) is 0.341. The van der Waals surface area contributed by atoms with Crippen molar-refractivity contribution in [3.63, 3.8) is 0 Å². The number of aliphatic hydroxyl groups excluding tert-OH is 1. The molecule has 2 aliphatic rings. The van der Waals surface area contributed by atoms with Crippen molar-refractivity contribution in [3.8, 4) is 6.07 Å². The Morgan fingerprint density at radius 3 is 2.71 bits per heavy atom. The number of nitrogens with zero attached hydrogens (tertiary/aromatic N) is 5. The number of likely N-dealkylation sites (tertiary alicyclic amines) is 1. The molecule has 0 bridgehead atoms. The number of aromatic nitrogens is 3. The summed E-state index contributed by atoms with van der Waals surface area (Å²) in [6, 6.07) is 18.3. The number of carbonyl (C=O) groups is 1. The molecule has 4 N–H and O–H groups in total. The first-order valence-electron chi connectivity index (χ1n) is 17.8. The Morgan fingerprint density at radius 1 is 1.15 bits per heavy atom. The van der Waals surface area contributed by atoms with Crippen LogP contribution >= 0.6 is 0 Å². The Balaban J connectivity index is 1.28. The van der Waals surface area contributed by atoms with Gasteiger partial charge in [0.15, 0.2) is 11.4 Å². The number of hydrogen-bond donors (Lipinski definition) is 4. The number of allylic oxidation sites excluding steroid dienone is 2. The summed E-state index contributed by atoms with van der Waals surface area (Å²) in [7, 11) is 0. The maximum absolute atomic E-state index is 11.4. The van der Waals surface area contributed by atoms with Crippen molar-refractivity contribution in [2.24, 2.45) is 11.8 Å². The Morgan fingerprint density at radius 2 is 1.96 bits per heavy atom. The van der Waals surface area contributed by atoms with Gasteiger partial charge in [-0.2, -0.15) is 5.26 Å². The summed E-state index contributed by atoms with van der Waals surface area (Å²) in [5.41, 5.74) is 6.31. The van der Waals surface area contributed by atoms with Crippen LogP contribution in [-0.4, -0.2) is 61.8 Å². The Hall–Kier alpha value is -5.41. The maximum atomic E-state index is 11.4. The van der Waals surface area contributed by atoms with Crippen LogP contribution in [-0.2, 0) is 23.4 Å². The van der Waals surface area contributed by atoms with Crippen molar-refractivity contribution < 1.29 is 19.4 Å². The number of oxazole rings is 1. The molecule has 2 aromatic carbocycles. The number of aliphatic hydroxyl groups is 1. The number of hydrogen-bond acceptors (Lipinski definition) is 10. The van der Waals surface area contributed by atoms with Gasteiger partial charge in [0.2, 0.25) is 5.89 Å². The number of rotatable bonds is 11. The molecule has 1 aliphatic heterocycles. The van der Waals surface area contributed by atoms with Gasteiger partial charge < -0.3 is 25.3 Å². The van der Waals surface area contributed by atoms with E-state index in [1.807, 2.05) is 43.5 Å². The highest BCUT2D eigenvalue weighted by atomic mass is 16.4. The van der Waals surface area contributed by atoms with Crippen molar-refractivity contribution in [2.45, 2.75) is 58.3 Å². The molecule has 0 spiro atoms. The first-order valence-corrected chi connectivity index (χ1v) is 17.8. The molecule has 11 nitrogen and oxygen atoms in total. The highest BCUT2D eigenvalue weighted by Gasteiger charge is 2.45. The molecule has 1 saturated heterocycles. The smallest absolute Gasteiger partial charge is 0.306 e. The average Bonchev–Trinajstić information content (AvgIpc) is 3.60. The van der Waals surface area contributed by atoms with Crippen LogP contribution in [0.3, 0.4) is 0 Å². The lowest BCUT2D eigenvalue weighted by atomic mass is 9.73. The zero-order valence-electron chi connectivity index (χ0n) is 29.6. The predicted molar refractivity (Wildman–Crippen MR) is 200 cm³/mol. The van der Waals surface area contributed by atoms with Gasteiger partial charge in [-0.1, -0.05) is 43.3 Å². The first kappa shape index (κ1) is 35.0. The van der Waals surface area contributed by atoms with Crippen molar-refractivity contribution in [2.75, 3.05) is 25.0 Å². The minimum Gasteiger partial charge on any atom is -0.481 e. The number of nitriles is 1. The van der Waals surface area contributed by atoms with Gasteiger partial charge in [0.25, 0.3) is 0 Å². The average molecular weight is 698 g/mol. The quantitative estimate of drug-likeness (QED) is 0.122. The summed E-state index contributed by atoms with van der Waals surface area (Å²) in [5.74, 6) is -0.220. The number of carboxylic acids is 1. The van der Waals surface area contributed by atoms with Gasteiger partial charge in [0.05, 0.1) is 18.1 Å². The molecular weight excluding hydrogens is 654 g/mol. The third-order valence-corrected chi connectivity index (χ3v) is 10.5. The van der Waals surface area contributed by atoms with Crippen LogP contribution in [0.1, 0.15) is 60.4 Å². The molecule has 0 saturated carbocycles. The van der Waals surface area contributed by atoms with E-state index in [9.17, 15) is 20.3 Å². The summed E-state index contributed by atoms with van der Waals surface area (Å²) in [4.78, 5) is 28.5. The van der Waals surface area contributed by atoms with Crippen LogP contribution in [0.2, 0.25) is 0 Å².